The third kappa shape index (κ3) is 10.7. The molecule has 1 fully saturated rings. The van der Waals surface area contributed by atoms with Gasteiger partial charge in [-0.3, -0.25) is 4.79 Å². The Balaban J connectivity index is 1.17. The molecule has 8 nitrogen and oxygen atoms in total. The molecule has 65 heavy (non-hydrogen) atoms. The number of fused-ring (bicyclic) bond motifs is 3. The molecule has 2 aliphatic carbocycles. The Hall–Kier alpha value is -4.19. The van der Waals surface area contributed by atoms with Crippen molar-refractivity contribution < 1.29 is 27.5 Å². The molecule has 7 rings (SSSR count). The van der Waals surface area contributed by atoms with Gasteiger partial charge in [-0.15, -0.1) is 6.58 Å². The number of unbranched alkanes of at least 4 members (excludes halogenated alkanes) is 1. The number of halogens is 1. The number of hydrogen-bond acceptors (Lipinski definition) is 7. The molecule has 11 heteroatoms. The largest absolute Gasteiger partial charge is 0.490 e. The molecule has 4 aromatic rings. The standard InChI is InChI=1S/C54H69ClN2O6SSi/c1-7-9-13-25-50(58)47-29-26-42(47)36-57-37-54(32-18-19-40-34-43(55)28-30-48(40)54)38-62-51-31-27-41(35-49(51)57)52(59)56-64(60,61)44(20-10-8-2)33-39(3)63-65(53(4,5)6,45-21-14-11-15-22-45)46-23-16-12-17-24-46/h8,11-17,21-25,27-28,30-31,34-35,39,42,44,47,50,58H,2,7,9-10,18-20,26,29,32-33,36-38H2,1,3-6H3,(H,56,59)/b25-13+/t39-,42-,44+,47+,50-,54?/m0/s1. The highest BCUT2D eigenvalue weighted by Crippen LogP contribution is 2.47. The monoisotopic (exact) mass is 936 g/mol. The van der Waals surface area contributed by atoms with Gasteiger partial charge in [-0.2, -0.15) is 0 Å². The molecule has 1 saturated carbocycles. The lowest BCUT2D eigenvalue weighted by atomic mass is 9.68. The molecular weight excluding hydrogens is 868 g/mol. The van der Waals surface area contributed by atoms with Crippen molar-refractivity contribution in [2.75, 3.05) is 24.6 Å². The summed E-state index contributed by atoms with van der Waals surface area (Å²) in [5, 5.41) is 13.0. The first kappa shape index (κ1) is 48.7. The molecule has 0 bridgehead atoms. The highest BCUT2D eigenvalue weighted by Gasteiger charge is 2.51. The van der Waals surface area contributed by atoms with Crippen LogP contribution < -0.4 is 24.7 Å². The fourth-order valence-corrected chi connectivity index (χ4v) is 17.2. The number of rotatable bonds is 18. The van der Waals surface area contributed by atoms with Crippen LogP contribution in [0.25, 0.3) is 0 Å². The number of hydrogen-bond donors (Lipinski definition) is 2. The summed E-state index contributed by atoms with van der Waals surface area (Å²) in [5.74, 6) is 0.312. The number of aliphatic hydroxyl groups excluding tert-OH is 1. The first-order chi connectivity index (χ1) is 31.1. The Morgan fingerprint density at radius 1 is 1.03 bits per heavy atom. The number of carbonyl (C=O) groups is 1. The second-order valence-corrected chi connectivity index (χ2v) is 26.4. The molecule has 3 aliphatic rings. The molecule has 1 unspecified atom stereocenters. The average Bonchev–Trinajstić information content (AvgIpc) is 3.42. The van der Waals surface area contributed by atoms with E-state index in [0.29, 0.717) is 31.9 Å². The Morgan fingerprint density at radius 2 is 1.74 bits per heavy atom. The third-order valence-corrected chi connectivity index (χ3v) is 21.4. The number of nitrogens with one attached hydrogen (secondary N) is 1. The van der Waals surface area contributed by atoms with Crippen molar-refractivity contribution in [3.8, 4) is 5.75 Å². The van der Waals surface area contributed by atoms with Crippen molar-refractivity contribution in [1.82, 2.24) is 4.72 Å². The maximum Gasteiger partial charge on any atom is 0.264 e. The van der Waals surface area contributed by atoms with Gasteiger partial charge in [0.2, 0.25) is 10.0 Å². The van der Waals surface area contributed by atoms with Crippen LogP contribution in [-0.4, -0.2) is 64.9 Å². The Morgan fingerprint density at radius 3 is 2.37 bits per heavy atom. The maximum absolute atomic E-state index is 14.5. The first-order valence-corrected chi connectivity index (χ1v) is 27.5. The highest BCUT2D eigenvalue weighted by molar-refractivity contribution is 7.90. The minimum Gasteiger partial charge on any atom is -0.490 e. The van der Waals surface area contributed by atoms with E-state index in [1.165, 1.54) is 11.1 Å². The molecule has 1 heterocycles. The number of carbonyl (C=O) groups excluding carboxylic acids is 1. The van der Waals surface area contributed by atoms with Gasteiger partial charge in [0.25, 0.3) is 14.2 Å². The van der Waals surface area contributed by atoms with E-state index in [-0.39, 0.29) is 40.7 Å². The smallest absolute Gasteiger partial charge is 0.264 e. The predicted octanol–water partition coefficient (Wildman–Crippen LogP) is 10.3. The van der Waals surface area contributed by atoms with Crippen LogP contribution in [0.1, 0.15) is 114 Å². The minimum absolute atomic E-state index is 0.122. The number of sulfonamides is 1. The average molecular weight is 938 g/mol. The van der Waals surface area contributed by atoms with Crippen molar-refractivity contribution in [2.24, 2.45) is 11.8 Å². The number of aliphatic hydroxyl groups is 1. The molecular formula is C54H69ClN2O6SSi. The summed E-state index contributed by atoms with van der Waals surface area (Å²) in [6.07, 6.45) is 12.4. The van der Waals surface area contributed by atoms with Crippen molar-refractivity contribution in [3.05, 3.63) is 144 Å². The zero-order valence-corrected chi connectivity index (χ0v) is 41.6. The van der Waals surface area contributed by atoms with Gasteiger partial charge in [-0.25, -0.2) is 13.1 Å². The van der Waals surface area contributed by atoms with Crippen LogP contribution in [0, 0.1) is 11.8 Å². The van der Waals surface area contributed by atoms with Crippen molar-refractivity contribution in [3.63, 3.8) is 0 Å². The van der Waals surface area contributed by atoms with Gasteiger partial charge in [0.15, 0.2) is 0 Å². The number of anilines is 1. The van der Waals surface area contributed by atoms with Crippen LogP contribution in [0.5, 0.6) is 5.75 Å². The zero-order valence-electron chi connectivity index (χ0n) is 39.0. The SMILES string of the molecule is C=CCC[C@H](C[C@H](C)O[Si](c1ccccc1)(c1ccccc1)C(C)(C)C)S(=O)(=O)NC(=O)c1ccc2c(c1)N(C[C@@H]1CC[C@H]1[C@@H](O)/C=C/CCC)CC1(CCCc3cc(Cl)ccc31)CO2. The molecule has 0 aromatic heterocycles. The van der Waals surface area contributed by atoms with Gasteiger partial charge in [0.05, 0.1) is 23.6 Å². The number of amides is 1. The van der Waals surface area contributed by atoms with E-state index in [2.05, 4.69) is 86.4 Å². The van der Waals surface area contributed by atoms with Gasteiger partial charge in [-0.05, 0) is 133 Å². The lowest BCUT2D eigenvalue weighted by Gasteiger charge is -2.45. The normalized spacial score (nSPS) is 21.3. The molecule has 0 saturated heterocycles. The van der Waals surface area contributed by atoms with Crippen LogP contribution in [0.4, 0.5) is 5.69 Å². The molecule has 0 radical (unpaired) electrons. The van der Waals surface area contributed by atoms with Gasteiger partial charge < -0.3 is 19.2 Å². The Bertz CT molecular complexity index is 2370. The van der Waals surface area contributed by atoms with E-state index in [1.54, 1.807) is 18.2 Å². The van der Waals surface area contributed by atoms with E-state index in [1.807, 2.05) is 61.5 Å². The molecule has 6 atom stereocenters. The summed E-state index contributed by atoms with van der Waals surface area (Å²) < 4.78 is 45.6. The lowest BCUT2D eigenvalue weighted by molar-refractivity contribution is 0.0456. The number of nitrogens with zero attached hydrogens (tertiary/aromatic N) is 1. The van der Waals surface area contributed by atoms with E-state index in [9.17, 15) is 18.3 Å². The van der Waals surface area contributed by atoms with Crippen LogP contribution in [0.15, 0.2) is 122 Å². The van der Waals surface area contributed by atoms with Crippen molar-refractivity contribution in [1.29, 1.82) is 0 Å². The zero-order chi connectivity index (χ0) is 46.4. The Kier molecular flexibility index (Phi) is 15.6. The van der Waals surface area contributed by atoms with E-state index < -0.39 is 41.7 Å². The second-order valence-electron chi connectivity index (χ2n) is 19.8. The summed E-state index contributed by atoms with van der Waals surface area (Å²) >= 11 is 6.51. The summed E-state index contributed by atoms with van der Waals surface area (Å²) in [4.78, 5) is 16.7. The van der Waals surface area contributed by atoms with Crippen LogP contribution >= 0.6 is 11.6 Å². The van der Waals surface area contributed by atoms with Gasteiger partial charge in [0.1, 0.15) is 5.75 Å². The summed E-state index contributed by atoms with van der Waals surface area (Å²) in [5.41, 5.74) is 3.14. The van der Waals surface area contributed by atoms with Gasteiger partial charge in [0, 0.05) is 35.2 Å². The van der Waals surface area contributed by atoms with Crippen LogP contribution in [0.2, 0.25) is 10.1 Å². The topological polar surface area (TPSA) is 105 Å². The van der Waals surface area contributed by atoms with E-state index in [0.717, 1.165) is 66.0 Å². The first-order valence-electron chi connectivity index (χ1n) is 23.7. The summed E-state index contributed by atoms with van der Waals surface area (Å²) in [6.45, 7) is 16.4. The third-order valence-electron chi connectivity index (χ3n) is 14.2. The second kappa shape index (κ2) is 20.8. The van der Waals surface area contributed by atoms with Gasteiger partial charge in [-0.1, -0.05) is 131 Å². The summed E-state index contributed by atoms with van der Waals surface area (Å²) in [6, 6.07) is 32.1. The number of benzene rings is 4. The highest BCUT2D eigenvalue weighted by atomic mass is 35.5. The summed E-state index contributed by atoms with van der Waals surface area (Å²) in [7, 11) is -7.19. The fraction of sp³-hybridized carbons (Fsp3) is 0.463. The minimum atomic E-state index is -4.20. The number of ether oxygens (including phenoxy) is 1. The molecule has 4 aromatic carbocycles. The predicted molar refractivity (Wildman–Crippen MR) is 269 cm³/mol. The van der Waals surface area contributed by atoms with E-state index >= 15 is 0 Å². The van der Waals surface area contributed by atoms with Crippen LogP contribution in [-0.2, 0) is 26.3 Å². The number of aryl methyl sites for hydroxylation is 1. The lowest BCUT2D eigenvalue weighted by Crippen LogP contribution is -2.67. The quantitative estimate of drug-likeness (QED) is 0.0756. The molecule has 1 aliphatic heterocycles. The van der Waals surface area contributed by atoms with Crippen molar-refractivity contribution in [2.45, 2.75) is 127 Å². The molecule has 1 amide bonds. The molecule has 2 N–H and O–H groups in total. The Labute approximate surface area is 394 Å². The van der Waals surface area contributed by atoms with E-state index in [4.69, 9.17) is 20.8 Å². The van der Waals surface area contributed by atoms with Crippen molar-refractivity contribution >= 4 is 51.9 Å². The van der Waals surface area contributed by atoms with Crippen LogP contribution in [0.3, 0.4) is 0 Å². The number of allylic oxidation sites excluding steroid dienone is 2. The van der Waals surface area contributed by atoms with Gasteiger partial charge >= 0.3 is 0 Å². The molecule has 348 valence electrons. The fourth-order valence-electron chi connectivity index (χ4n) is 10.7. The molecule has 1 spiro atoms. The maximum atomic E-state index is 14.5.